The molecule has 0 spiro atoms. The van der Waals surface area contributed by atoms with Crippen molar-refractivity contribution in [2.24, 2.45) is 0 Å². The van der Waals surface area contributed by atoms with E-state index in [9.17, 15) is 9.59 Å². The average molecular weight is 456 g/mol. The summed E-state index contributed by atoms with van der Waals surface area (Å²) in [4.78, 5) is 24.6. The van der Waals surface area contributed by atoms with E-state index in [1.165, 1.54) is 54.8 Å². The molecule has 2 aromatic carbocycles. The van der Waals surface area contributed by atoms with Crippen LogP contribution in [0.5, 0.6) is 34.5 Å². The van der Waals surface area contributed by atoms with Gasteiger partial charge >= 0.3 is 0 Å². The van der Waals surface area contributed by atoms with Crippen molar-refractivity contribution in [2.75, 3.05) is 42.7 Å². The summed E-state index contributed by atoms with van der Waals surface area (Å²) in [7, 11) is 9.09. The van der Waals surface area contributed by atoms with Crippen LogP contribution in [0.2, 0.25) is 0 Å². The predicted molar refractivity (Wildman–Crippen MR) is 125 cm³/mol. The Hall–Kier alpha value is -3.94. The topological polar surface area (TPSA) is 89.5 Å². The van der Waals surface area contributed by atoms with Gasteiger partial charge in [0, 0.05) is 23.3 Å². The van der Waals surface area contributed by atoms with Gasteiger partial charge in [0.15, 0.2) is 34.6 Å². The average Bonchev–Trinajstić information content (AvgIpc) is 2.84. The van der Waals surface area contributed by atoms with Gasteiger partial charge in [-0.1, -0.05) is 0 Å². The zero-order valence-corrected chi connectivity index (χ0v) is 19.6. The van der Waals surface area contributed by atoms with Crippen LogP contribution in [0.1, 0.15) is 17.5 Å². The Morgan fingerprint density at radius 2 is 0.848 bits per heavy atom. The minimum Gasteiger partial charge on any atom is -0.496 e. The molecule has 0 bridgehead atoms. The maximum absolute atomic E-state index is 12.3. The molecule has 0 amide bonds. The van der Waals surface area contributed by atoms with Gasteiger partial charge in [0.25, 0.3) is 0 Å². The molecule has 176 valence electrons. The minimum absolute atomic E-state index is 0.293. The van der Waals surface area contributed by atoms with E-state index < -0.39 is 0 Å². The van der Waals surface area contributed by atoms with Crippen molar-refractivity contribution < 1.29 is 38.0 Å². The lowest BCUT2D eigenvalue weighted by Crippen LogP contribution is -2.02. The van der Waals surface area contributed by atoms with Crippen LogP contribution in [0.3, 0.4) is 0 Å². The summed E-state index contributed by atoms with van der Waals surface area (Å²) in [5.41, 5.74) is 1.23. The normalized spacial score (nSPS) is 10.8. The second-order valence-corrected chi connectivity index (χ2v) is 6.67. The number of ketones is 2. The molecule has 0 aliphatic carbocycles. The molecule has 0 unspecified atom stereocenters. The fourth-order valence-electron chi connectivity index (χ4n) is 3.02. The summed E-state index contributed by atoms with van der Waals surface area (Å²) in [5, 5.41) is 0. The third kappa shape index (κ3) is 6.52. The van der Waals surface area contributed by atoms with Gasteiger partial charge in [0.2, 0.25) is 0 Å². The van der Waals surface area contributed by atoms with Crippen LogP contribution in [-0.2, 0) is 9.59 Å². The van der Waals surface area contributed by atoms with Crippen LogP contribution >= 0.6 is 0 Å². The summed E-state index contributed by atoms with van der Waals surface area (Å²) in [6, 6.07) is 6.69. The van der Waals surface area contributed by atoms with Gasteiger partial charge < -0.3 is 28.4 Å². The number of hydrogen-bond acceptors (Lipinski definition) is 8. The summed E-state index contributed by atoms with van der Waals surface area (Å²) < 4.78 is 31.7. The summed E-state index contributed by atoms with van der Waals surface area (Å²) >= 11 is 0. The third-order valence-electron chi connectivity index (χ3n) is 4.72. The zero-order chi connectivity index (χ0) is 24.4. The number of carbonyl (C=O) groups is 2. The van der Waals surface area contributed by atoms with Crippen LogP contribution in [0.4, 0.5) is 0 Å². The lowest BCUT2D eigenvalue weighted by molar-refractivity contribution is -0.121. The Morgan fingerprint density at radius 3 is 1.15 bits per heavy atom. The number of ether oxygens (including phenoxy) is 6. The number of allylic oxidation sites excluding steroid dienone is 2. The van der Waals surface area contributed by atoms with E-state index in [1.54, 1.807) is 36.4 Å². The van der Waals surface area contributed by atoms with Crippen molar-refractivity contribution in [1.82, 2.24) is 0 Å². The highest BCUT2D eigenvalue weighted by Crippen LogP contribution is 2.36. The third-order valence-corrected chi connectivity index (χ3v) is 4.72. The monoisotopic (exact) mass is 456 g/mol. The van der Waals surface area contributed by atoms with Crippen LogP contribution in [0.15, 0.2) is 36.4 Å². The highest BCUT2D eigenvalue weighted by Gasteiger charge is 2.12. The maximum Gasteiger partial charge on any atom is 0.164 e. The van der Waals surface area contributed by atoms with Crippen molar-refractivity contribution in [2.45, 2.75) is 6.42 Å². The highest BCUT2D eigenvalue weighted by molar-refractivity contribution is 6.11. The summed E-state index contributed by atoms with van der Waals surface area (Å²) in [5.74, 6) is 2.28. The van der Waals surface area contributed by atoms with Crippen LogP contribution in [0.25, 0.3) is 12.2 Å². The molecule has 8 nitrogen and oxygen atoms in total. The molecule has 0 fully saturated rings. The van der Waals surface area contributed by atoms with Crippen LogP contribution < -0.4 is 28.4 Å². The number of rotatable bonds is 12. The molecule has 0 aromatic heterocycles. The molecule has 0 saturated carbocycles. The van der Waals surface area contributed by atoms with E-state index in [0.717, 1.165) is 0 Å². The predicted octanol–water partition coefficient (Wildman–Crippen LogP) is 3.99. The fraction of sp³-hybridized carbons (Fsp3) is 0.280. The van der Waals surface area contributed by atoms with Gasteiger partial charge in [-0.25, -0.2) is 0 Å². The van der Waals surface area contributed by atoms with E-state index >= 15 is 0 Å². The fourth-order valence-corrected chi connectivity index (χ4v) is 3.02. The first kappa shape index (κ1) is 25.3. The van der Waals surface area contributed by atoms with Gasteiger partial charge in [-0.15, -0.1) is 0 Å². The van der Waals surface area contributed by atoms with Crippen molar-refractivity contribution in [1.29, 1.82) is 0 Å². The molecule has 0 heterocycles. The van der Waals surface area contributed by atoms with Crippen molar-refractivity contribution in [3.05, 3.63) is 47.5 Å². The Morgan fingerprint density at radius 1 is 0.545 bits per heavy atom. The maximum atomic E-state index is 12.3. The summed E-state index contributed by atoms with van der Waals surface area (Å²) in [6.07, 6.45) is 5.49. The quantitative estimate of drug-likeness (QED) is 0.350. The Kier molecular flexibility index (Phi) is 9.35. The molecule has 0 aliphatic heterocycles. The Balaban J connectivity index is 2.14. The molecule has 2 rings (SSSR count). The van der Waals surface area contributed by atoms with Gasteiger partial charge in [-0.3, -0.25) is 9.59 Å². The van der Waals surface area contributed by atoms with E-state index in [4.69, 9.17) is 28.4 Å². The first-order valence-electron chi connectivity index (χ1n) is 9.92. The molecule has 0 aliphatic rings. The van der Waals surface area contributed by atoms with Crippen LogP contribution in [0, 0.1) is 0 Å². The van der Waals surface area contributed by atoms with E-state index in [-0.39, 0.29) is 18.0 Å². The van der Waals surface area contributed by atoms with Crippen LogP contribution in [-0.4, -0.2) is 54.2 Å². The smallest absolute Gasteiger partial charge is 0.164 e. The Bertz CT molecular complexity index is 969. The molecule has 0 saturated heterocycles. The Labute approximate surface area is 193 Å². The second-order valence-electron chi connectivity index (χ2n) is 6.67. The zero-order valence-electron chi connectivity index (χ0n) is 19.6. The first-order chi connectivity index (χ1) is 15.9. The molecular formula is C25H28O8. The molecule has 0 N–H and O–H groups in total. The molecule has 2 aromatic rings. The minimum atomic E-state index is -0.360. The largest absolute Gasteiger partial charge is 0.496 e. The van der Waals surface area contributed by atoms with E-state index in [1.807, 2.05) is 0 Å². The van der Waals surface area contributed by atoms with Crippen molar-refractivity contribution in [3.63, 3.8) is 0 Å². The summed E-state index contributed by atoms with van der Waals surface area (Å²) in [6.45, 7) is 0. The standard InChI is InChI=1S/C25H28O8/c1-28-20-14-24(32-5)22(30-3)11-16(20)7-9-18(26)13-19(27)10-8-17-12-23(31-4)25(33-6)15-21(17)29-2/h7-12,14-15H,13H2,1-6H3. The number of methoxy groups -OCH3 is 6. The molecule has 8 heteroatoms. The SMILES string of the molecule is COc1cc(OC)c(OC)cc1C=CC(=O)CC(=O)C=Cc1cc(OC)c(OC)cc1OC. The number of benzene rings is 2. The lowest BCUT2D eigenvalue weighted by Gasteiger charge is -2.12. The molecular weight excluding hydrogens is 428 g/mol. The second kappa shape index (κ2) is 12.2. The van der Waals surface area contributed by atoms with E-state index in [0.29, 0.717) is 45.6 Å². The number of carbonyl (C=O) groups excluding carboxylic acids is 2. The molecule has 0 radical (unpaired) electrons. The molecule has 33 heavy (non-hydrogen) atoms. The van der Waals surface area contributed by atoms with Gasteiger partial charge in [-0.05, 0) is 36.4 Å². The van der Waals surface area contributed by atoms with Gasteiger partial charge in [0.1, 0.15) is 11.5 Å². The van der Waals surface area contributed by atoms with Gasteiger partial charge in [0.05, 0.1) is 49.1 Å². The molecule has 0 atom stereocenters. The first-order valence-corrected chi connectivity index (χ1v) is 9.92. The van der Waals surface area contributed by atoms with Crippen molar-refractivity contribution in [3.8, 4) is 34.5 Å². The lowest BCUT2D eigenvalue weighted by atomic mass is 10.1. The van der Waals surface area contributed by atoms with Gasteiger partial charge in [-0.2, -0.15) is 0 Å². The van der Waals surface area contributed by atoms with Crippen molar-refractivity contribution >= 4 is 23.7 Å². The van der Waals surface area contributed by atoms with E-state index in [2.05, 4.69) is 0 Å². The number of hydrogen-bond donors (Lipinski definition) is 0. The highest BCUT2D eigenvalue weighted by atomic mass is 16.5.